The number of hydrogen-bond donors (Lipinski definition) is 1. The predicted molar refractivity (Wildman–Crippen MR) is 92.1 cm³/mol. The summed E-state index contributed by atoms with van der Waals surface area (Å²) in [5.41, 5.74) is 0.769. The number of nitro groups is 1. The maximum absolute atomic E-state index is 12.9. The summed E-state index contributed by atoms with van der Waals surface area (Å²) >= 11 is 1.02. The Morgan fingerprint density at radius 2 is 2.00 bits per heavy atom. The van der Waals surface area contributed by atoms with E-state index in [1.807, 2.05) is 0 Å². The molecule has 0 saturated heterocycles. The Balaban J connectivity index is 1.57. The number of anilines is 1. The molecule has 0 aliphatic rings. The molecular formula is C16H11FN4O4S. The largest absolute Gasteiger partial charge is 0.411 e. The fourth-order valence-electron chi connectivity index (χ4n) is 2.00. The number of carbonyl (C=O) groups is 1. The van der Waals surface area contributed by atoms with Crippen LogP contribution in [0, 0.1) is 15.9 Å². The van der Waals surface area contributed by atoms with Gasteiger partial charge in [-0.05, 0) is 30.3 Å². The van der Waals surface area contributed by atoms with E-state index in [1.54, 1.807) is 6.07 Å². The molecule has 0 saturated carbocycles. The number of amides is 1. The van der Waals surface area contributed by atoms with Gasteiger partial charge >= 0.3 is 0 Å². The first-order valence-electron chi connectivity index (χ1n) is 7.28. The van der Waals surface area contributed by atoms with Crippen LogP contribution in [0.2, 0.25) is 0 Å². The van der Waals surface area contributed by atoms with Crippen LogP contribution in [-0.2, 0) is 4.79 Å². The normalized spacial score (nSPS) is 10.5. The van der Waals surface area contributed by atoms with Crippen molar-refractivity contribution >= 4 is 29.0 Å². The lowest BCUT2D eigenvalue weighted by molar-refractivity contribution is -0.384. The number of non-ortho nitro benzene ring substituents is 1. The van der Waals surface area contributed by atoms with Crippen molar-refractivity contribution in [1.82, 2.24) is 10.2 Å². The van der Waals surface area contributed by atoms with E-state index in [0.29, 0.717) is 11.3 Å². The van der Waals surface area contributed by atoms with Crippen LogP contribution in [0.5, 0.6) is 0 Å². The van der Waals surface area contributed by atoms with Crippen molar-refractivity contribution in [2.24, 2.45) is 0 Å². The van der Waals surface area contributed by atoms with Crippen molar-refractivity contribution in [3.05, 3.63) is 64.5 Å². The van der Waals surface area contributed by atoms with E-state index < -0.39 is 4.92 Å². The lowest BCUT2D eigenvalue weighted by atomic mass is 10.2. The second-order valence-electron chi connectivity index (χ2n) is 5.02. The number of nitrogens with one attached hydrogen (secondary N) is 1. The zero-order chi connectivity index (χ0) is 18.5. The molecule has 0 atom stereocenters. The number of hydrogen-bond acceptors (Lipinski definition) is 7. The van der Waals surface area contributed by atoms with Crippen molar-refractivity contribution in [3.63, 3.8) is 0 Å². The Hall–Kier alpha value is -3.27. The van der Waals surface area contributed by atoms with Gasteiger partial charge in [0.05, 0.1) is 10.7 Å². The van der Waals surface area contributed by atoms with Crippen LogP contribution in [0.1, 0.15) is 0 Å². The Bertz CT molecular complexity index is 945. The number of nitro benzene ring substituents is 1. The summed E-state index contributed by atoms with van der Waals surface area (Å²) in [4.78, 5) is 22.1. The third kappa shape index (κ3) is 4.42. The van der Waals surface area contributed by atoms with Crippen LogP contribution in [0.15, 0.2) is 58.2 Å². The van der Waals surface area contributed by atoms with Crippen LogP contribution < -0.4 is 5.32 Å². The molecule has 26 heavy (non-hydrogen) atoms. The molecule has 3 rings (SSSR count). The maximum Gasteiger partial charge on any atom is 0.277 e. The Labute approximate surface area is 150 Å². The molecule has 1 heterocycles. The molecule has 2 aromatic carbocycles. The molecule has 0 aliphatic carbocycles. The number of benzene rings is 2. The summed E-state index contributed by atoms with van der Waals surface area (Å²) < 4.78 is 18.3. The lowest BCUT2D eigenvalue weighted by Crippen LogP contribution is -2.14. The Morgan fingerprint density at radius 1 is 1.23 bits per heavy atom. The van der Waals surface area contributed by atoms with Crippen molar-refractivity contribution in [1.29, 1.82) is 0 Å². The molecule has 1 amide bonds. The average Bonchev–Trinajstić information content (AvgIpc) is 3.10. The second kappa shape index (κ2) is 7.74. The number of thioether (sulfide) groups is 1. The molecule has 0 aliphatic heterocycles. The second-order valence-corrected chi connectivity index (χ2v) is 5.95. The van der Waals surface area contributed by atoms with E-state index in [9.17, 15) is 19.3 Å². The van der Waals surface area contributed by atoms with Gasteiger partial charge < -0.3 is 9.73 Å². The molecule has 1 aromatic heterocycles. The van der Waals surface area contributed by atoms with E-state index >= 15 is 0 Å². The number of rotatable bonds is 6. The smallest absolute Gasteiger partial charge is 0.277 e. The molecule has 0 bridgehead atoms. The molecule has 0 unspecified atom stereocenters. The monoisotopic (exact) mass is 374 g/mol. The van der Waals surface area contributed by atoms with Gasteiger partial charge in [0.15, 0.2) is 0 Å². The molecule has 3 aromatic rings. The lowest BCUT2D eigenvalue weighted by Gasteiger charge is -2.03. The van der Waals surface area contributed by atoms with Gasteiger partial charge in [-0.2, -0.15) is 0 Å². The van der Waals surface area contributed by atoms with Crippen LogP contribution in [0.25, 0.3) is 11.5 Å². The van der Waals surface area contributed by atoms with Crippen molar-refractivity contribution in [3.8, 4) is 11.5 Å². The SMILES string of the molecule is O=C(CSc1nnc(-c2ccc(F)cc2)o1)Nc1cccc([N+](=O)[O-])c1. The molecule has 132 valence electrons. The van der Waals surface area contributed by atoms with Gasteiger partial charge in [-0.1, -0.05) is 17.8 Å². The first-order valence-corrected chi connectivity index (χ1v) is 8.26. The van der Waals surface area contributed by atoms with Gasteiger partial charge in [0, 0.05) is 23.4 Å². The highest BCUT2D eigenvalue weighted by atomic mass is 32.2. The van der Waals surface area contributed by atoms with E-state index in [-0.39, 0.29) is 34.3 Å². The van der Waals surface area contributed by atoms with Gasteiger partial charge in [-0.3, -0.25) is 14.9 Å². The minimum Gasteiger partial charge on any atom is -0.411 e. The minimum atomic E-state index is -0.542. The standard InChI is InChI=1S/C16H11FN4O4S/c17-11-6-4-10(5-7-11)15-19-20-16(25-15)26-9-14(22)18-12-2-1-3-13(8-12)21(23)24/h1-8H,9H2,(H,18,22). The van der Waals surface area contributed by atoms with Crippen molar-refractivity contribution in [2.75, 3.05) is 11.1 Å². The number of aromatic nitrogens is 2. The van der Waals surface area contributed by atoms with Crippen LogP contribution in [0.3, 0.4) is 0 Å². The fourth-order valence-corrected chi connectivity index (χ4v) is 2.56. The van der Waals surface area contributed by atoms with Gasteiger partial charge in [-0.15, -0.1) is 10.2 Å². The number of halogens is 1. The maximum atomic E-state index is 12.9. The van der Waals surface area contributed by atoms with Gasteiger partial charge in [0.25, 0.3) is 10.9 Å². The average molecular weight is 374 g/mol. The summed E-state index contributed by atoms with van der Waals surface area (Å²) in [6, 6.07) is 11.2. The summed E-state index contributed by atoms with van der Waals surface area (Å²) in [5.74, 6) is -0.558. The molecule has 1 N–H and O–H groups in total. The topological polar surface area (TPSA) is 111 Å². The molecule has 0 radical (unpaired) electrons. The van der Waals surface area contributed by atoms with Crippen LogP contribution in [0.4, 0.5) is 15.8 Å². The summed E-state index contributed by atoms with van der Waals surface area (Å²) in [7, 11) is 0. The first-order chi connectivity index (χ1) is 12.5. The Kier molecular flexibility index (Phi) is 5.23. The highest BCUT2D eigenvalue weighted by Crippen LogP contribution is 2.24. The molecule has 8 nitrogen and oxygen atoms in total. The third-order valence-electron chi connectivity index (χ3n) is 3.17. The van der Waals surface area contributed by atoms with E-state index in [0.717, 1.165) is 11.8 Å². The van der Waals surface area contributed by atoms with Gasteiger partial charge in [0.1, 0.15) is 5.82 Å². The predicted octanol–water partition coefficient (Wildman–Crippen LogP) is 3.51. The van der Waals surface area contributed by atoms with E-state index in [1.165, 1.54) is 42.5 Å². The van der Waals surface area contributed by atoms with Crippen LogP contribution >= 0.6 is 11.8 Å². The number of nitrogens with zero attached hydrogens (tertiary/aromatic N) is 3. The van der Waals surface area contributed by atoms with Crippen molar-refractivity contribution in [2.45, 2.75) is 5.22 Å². The van der Waals surface area contributed by atoms with E-state index in [2.05, 4.69) is 15.5 Å². The van der Waals surface area contributed by atoms with Crippen LogP contribution in [-0.4, -0.2) is 26.8 Å². The summed E-state index contributed by atoms with van der Waals surface area (Å²) in [6.45, 7) is 0. The van der Waals surface area contributed by atoms with Crippen molar-refractivity contribution < 1.29 is 18.5 Å². The quantitative estimate of drug-likeness (QED) is 0.399. The zero-order valence-electron chi connectivity index (χ0n) is 13.1. The molecule has 0 fully saturated rings. The van der Waals surface area contributed by atoms with Gasteiger partial charge in [0.2, 0.25) is 11.8 Å². The zero-order valence-corrected chi connectivity index (χ0v) is 13.9. The van der Waals surface area contributed by atoms with E-state index in [4.69, 9.17) is 4.42 Å². The highest BCUT2D eigenvalue weighted by molar-refractivity contribution is 7.99. The summed E-state index contributed by atoms with van der Waals surface area (Å²) in [5, 5.41) is 21.1. The summed E-state index contributed by atoms with van der Waals surface area (Å²) in [6.07, 6.45) is 0. The fraction of sp³-hybridized carbons (Fsp3) is 0.0625. The first kappa shape index (κ1) is 17.5. The molecule has 0 spiro atoms. The minimum absolute atomic E-state index is 0.0201. The number of carbonyl (C=O) groups excluding carboxylic acids is 1. The third-order valence-corrected chi connectivity index (χ3v) is 3.98. The van der Waals surface area contributed by atoms with Gasteiger partial charge in [-0.25, -0.2) is 4.39 Å². The Morgan fingerprint density at radius 3 is 2.73 bits per heavy atom. The highest BCUT2D eigenvalue weighted by Gasteiger charge is 2.12. The molecular weight excluding hydrogens is 363 g/mol. The molecule has 10 heteroatoms.